The molecule has 0 aromatic carbocycles. The third-order valence-electron chi connectivity index (χ3n) is 3.23. The molecule has 1 heterocycles. The Hall–Kier alpha value is -1.10. The van der Waals surface area contributed by atoms with Gasteiger partial charge in [0, 0.05) is 18.7 Å². The minimum absolute atomic E-state index is 0.0892. The quantitative estimate of drug-likeness (QED) is 0.553. The summed E-state index contributed by atoms with van der Waals surface area (Å²) in [4.78, 5) is 13.8. The molecular formula is C14H23NO3S. The summed E-state index contributed by atoms with van der Waals surface area (Å²) in [7, 11) is -2.96. The van der Waals surface area contributed by atoms with Crippen molar-refractivity contribution in [2.75, 3.05) is 18.1 Å². The number of carbonyl (C=O) groups excluding carboxylic acids is 1. The first-order valence-electron chi connectivity index (χ1n) is 6.80. The molecule has 0 N–H and O–H groups in total. The van der Waals surface area contributed by atoms with E-state index in [1.807, 2.05) is 13.0 Å². The van der Waals surface area contributed by atoms with Gasteiger partial charge in [-0.15, -0.1) is 0 Å². The van der Waals surface area contributed by atoms with Gasteiger partial charge in [0.1, 0.15) is 0 Å². The van der Waals surface area contributed by atoms with Crippen LogP contribution in [0.5, 0.6) is 0 Å². The number of allylic oxidation sites excluding steroid dienone is 3. The molecule has 1 aliphatic rings. The van der Waals surface area contributed by atoms with E-state index in [1.54, 1.807) is 17.1 Å². The maximum atomic E-state index is 12.1. The Balaban J connectivity index is 2.74. The molecule has 108 valence electrons. The van der Waals surface area contributed by atoms with Crippen LogP contribution in [0.1, 0.15) is 33.1 Å². The molecule has 1 saturated heterocycles. The lowest BCUT2D eigenvalue weighted by Crippen LogP contribution is -2.40. The lowest BCUT2D eigenvalue weighted by Gasteiger charge is -2.27. The predicted octanol–water partition coefficient (Wildman–Crippen LogP) is 1.93. The van der Waals surface area contributed by atoms with Gasteiger partial charge in [-0.05, 0) is 19.8 Å². The summed E-state index contributed by atoms with van der Waals surface area (Å²) in [5.74, 6) is 0.222. The van der Waals surface area contributed by atoms with E-state index in [-0.39, 0.29) is 23.5 Å². The molecule has 1 rings (SSSR count). The Kier molecular flexibility index (Phi) is 6.28. The molecule has 0 aliphatic carbocycles. The number of unbranched alkanes of at least 4 members (excludes halogenated alkanes) is 1. The number of carbonyl (C=O) groups is 1. The van der Waals surface area contributed by atoms with Gasteiger partial charge >= 0.3 is 0 Å². The number of sulfone groups is 1. The highest BCUT2D eigenvalue weighted by Crippen LogP contribution is 2.18. The van der Waals surface area contributed by atoms with E-state index in [2.05, 4.69) is 6.92 Å². The van der Waals surface area contributed by atoms with Crippen molar-refractivity contribution in [2.45, 2.75) is 39.2 Å². The zero-order valence-electron chi connectivity index (χ0n) is 11.7. The molecule has 1 fully saturated rings. The highest BCUT2D eigenvalue weighted by Gasteiger charge is 2.33. The first-order valence-corrected chi connectivity index (χ1v) is 8.62. The van der Waals surface area contributed by atoms with Crippen LogP contribution in [0.2, 0.25) is 0 Å². The van der Waals surface area contributed by atoms with E-state index < -0.39 is 9.84 Å². The average molecular weight is 285 g/mol. The van der Waals surface area contributed by atoms with Crippen molar-refractivity contribution in [1.82, 2.24) is 4.90 Å². The summed E-state index contributed by atoms with van der Waals surface area (Å²) >= 11 is 0. The van der Waals surface area contributed by atoms with Crippen LogP contribution in [0.25, 0.3) is 0 Å². The number of nitrogens with zero attached hydrogens (tertiary/aromatic N) is 1. The van der Waals surface area contributed by atoms with Gasteiger partial charge in [0.15, 0.2) is 9.84 Å². The Labute approximate surface area is 116 Å². The minimum atomic E-state index is -2.96. The lowest BCUT2D eigenvalue weighted by atomic mass is 10.2. The fourth-order valence-electron chi connectivity index (χ4n) is 2.17. The van der Waals surface area contributed by atoms with Crippen LogP contribution in [0.3, 0.4) is 0 Å². The Bertz CT molecular complexity index is 451. The highest BCUT2D eigenvalue weighted by atomic mass is 32.2. The van der Waals surface area contributed by atoms with E-state index >= 15 is 0 Å². The molecular weight excluding hydrogens is 262 g/mol. The molecule has 1 amide bonds. The largest absolute Gasteiger partial charge is 0.335 e. The van der Waals surface area contributed by atoms with E-state index in [0.29, 0.717) is 13.0 Å². The van der Waals surface area contributed by atoms with Gasteiger partial charge in [0.2, 0.25) is 5.91 Å². The predicted molar refractivity (Wildman–Crippen MR) is 77.6 cm³/mol. The van der Waals surface area contributed by atoms with Crippen molar-refractivity contribution in [3.63, 3.8) is 0 Å². The van der Waals surface area contributed by atoms with Crippen molar-refractivity contribution < 1.29 is 13.2 Å². The molecule has 0 bridgehead atoms. The molecule has 0 spiro atoms. The van der Waals surface area contributed by atoms with E-state index in [9.17, 15) is 13.2 Å². The van der Waals surface area contributed by atoms with Crippen molar-refractivity contribution >= 4 is 15.7 Å². The molecule has 4 nitrogen and oxygen atoms in total. The maximum absolute atomic E-state index is 12.1. The Morgan fingerprint density at radius 3 is 2.63 bits per heavy atom. The van der Waals surface area contributed by atoms with Gasteiger partial charge in [0.05, 0.1) is 11.5 Å². The summed E-state index contributed by atoms with van der Waals surface area (Å²) < 4.78 is 23.1. The molecule has 0 radical (unpaired) electrons. The molecule has 1 unspecified atom stereocenters. The second-order valence-corrected chi connectivity index (χ2v) is 7.06. The minimum Gasteiger partial charge on any atom is -0.335 e. The van der Waals surface area contributed by atoms with E-state index in [1.165, 1.54) is 6.08 Å². The Morgan fingerprint density at radius 2 is 2.11 bits per heavy atom. The van der Waals surface area contributed by atoms with Crippen LogP contribution in [-0.2, 0) is 14.6 Å². The summed E-state index contributed by atoms with van der Waals surface area (Å²) in [5.41, 5.74) is 0. The maximum Gasteiger partial charge on any atom is 0.246 e. The molecule has 0 saturated carbocycles. The third kappa shape index (κ3) is 5.19. The molecule has 1 aliphatic heterocycles. The summed E-state index contributed by atoms with van der Waals surface area (Å²) in [6, 6.07) is -0.153. The van der Waals surface area contributed by atoms with Gasteiger partial charge in [0.25, 0.3) is 0 Å². The number of amides is 1. The lowest BCUT2D eigenvalue weighted by molar-refractivity contribution is -0.127. The fourth-order valence-corrected chi connectivity index (χ4v) is 3.90. The topological polar surface area (TPSA) is 54.5 Å². The molecule has 0 aromatic rings. The highest BCUT2D eigenvalue weighted by molar-refractivity contribution is 7.91. The van der Waals surface area contributed by atoms with Crippen LogP contribution in [0.15, 0.2) is 24.3 Å². The van der Waals surface area contributed by atoms with Crippen LogP contribution >= 0.6 is 0 Å². The summed E-state index contributed by atoms with van der Waals surface area (Å²) in [6.45, 7) is 4.58. The zero-order chi connectivity index (χ0) is 14.3. The molecule has 19 heavy (non-hydrogen) atoms. The van der Waals surface area contributed by atoms with E-state index in [4.69, 9.17) is 0 Å². The van der Waals surface area contributed by atoms with Crippen molar-refractivity contribution in [1.29, 1.82) is 0 Å². The SMILES string of the molecule is CC=CC=CC(=O)N(CCCC)C1CCS(=O)(=O)C1. The molecule has 5 heteroatoms. The molecule has 1 atom stereocenters. The van der Waals surface area contributed by atoms with Gasteiger partial charge in [-0.1, -0.05) is 31.6 Å². The van der Waals surface area contributed by atoms with Gasteiger partial charge < -0.3 is 4.90 Å². The van der Waals surface area contributed by atoms with Crippen molar-refractivity contribution in [2.24, 2.45) is 0 Å². The van der Waals surface area contributed by atoms with Crippen LogP contribution in [-0.4, -0.2) is 43.3 Å². The number of hydrogen-bond acceptors (Lipinski definition) is 3. The van der Waals surface area contributed by atoms with Crippen molar-refractivity contribution in [3.8, 4) is 0 Å². The second kappa shape index (κ2) is 7.48. The van der Waals surface area contributed by atoms with Gasteiger partial charge in [-0.3, -0.25) is 4.79 Å². The zero-order valence-corrected chi connectivity index (χ0v) is 12.5. The Morgan fingerprint density at radius 1 is 1.37 bits per heavy atom. The third-order valence-corrected chi connectivity index (χ3v) is 4.98. The number of rotatable bonds is 6. The van der Waals surface area contributed by atoms with E-state index in [0.717, 1.165) is 12.8 Å². The molecule has 0 aromatic heterocycles. The monoisotopic (exact) mass is 285 g/mol. The first kappa shape index (κ1) is 16.0. The smallest absolute Gasteiger partial charge is 0.246 e. The number of hydrogen-bond donors (Lipinski definition) is 0. The normalized spacial score (nSPS) is 22.3. The standard InChI is InChI=1S/C14H23NO3S/c1-3-5-7-8-14(16)15(10-6-4-2)13-9-11-19(17,18)12-13/h3,5,7-8,13H,4,6,9-12H2,1-2H3. The van der Waals surface area contributed by atoms with Gasteiger partial charge in [-0.25, -0.2) is 8.42 Å². The van der Waals surface area contributed by atoms with Crippen LogP contribution in [0.4, 0.5) is 0 Å². The second-order valence-electron chi connectivity index (χ2n) is 4.83. The average Bonchev–Trinajstić information content (AvgIpc) is 2.70. The fraction of sp³-hybridized carbons (Fsp3) is 0.643. The summed E-state index contributed by atoms with van der Waals surface area (Å²) in [5, 5.41) is 0. The van der Waals surface area contributed by atoms with Crippen LogP contribution < -0.4 is 0 Å². The van der Waals surface area contributed by atoms with Crippen LogP contribution in [0, 0.1) is 0 Å². The first-order chi connectivity index (χ1) is 9.00. The van der Waals surface area contributed by atoms with Gasteiger partial charge in [-0.2, -0.15) is 0 Å². The van der Waals surface area contributed by atoms with Crippen molar-refractivity contribution in [3.05, 3.63) is 24.3 Å². The summed E-state index contributed by atoms with van der Waals surface area (Å²) in [6.07, 6.45) is 9.31.